The predicted octanol–water partition coefficient (Wildman–Crippen LogP) is 1.15. The first-order chi connectivity index (χ1) is 9.38. The number of rotatable bonds is 5. The van der Waals surface area contributed by atoms with Crippen molar-refractivity contribution in [3.05, 3.63) is 0 Å². The van der Waals surface area contributed by atoms with Gasteiger partial charge in [-0.15, -0.1) is 3.89 Å². The Morgan fingerprint density at radius 2 is 2.05 bits per heavy atom. The Balaban J connectivity index is 1.76. The number of carbonyl (C=O) groups is 1. The molecule has 2 saturated heterocycles. The van der Waals surface area contributed by atoms with Gasteiger partial charge in [-0.05, 0) is 32.7 Å². The molecule has 7 heteroatoms. The quantitative estimate of drug-likeness (QED) is 0.715. The summed E-state index contributed by atoms with van der Waals surface area (Å²) in [5.74, 6) is -0.247. The van der Waals surface area contributed by atoms with E-state index >= 15 is 0 Å². The van der Waals surface area contributed by atoms with Crippen LogP contribution in [0.2, 0.25) is 0 Å². The van der Waals surface area contributed by atoms with Crippen molar-refractivity contribution in [1.29, 1.82) is 0 Å². The average Bonchev–Trinajstić information content (AvgIpc) is 2.73. The largest absolute Gasteiger partial charge is 0.341 e. The van der Waals surface area contributed by atoms with Crippen LogP contribution in [0.5, 0.6) is 0 Å². The Morgan fingerprint density at radius 1 is 1.30 bits per heavy atom. The Hall–Kier alpha value is -0.690. The summed E-state index contributed by atoms with van der Waals surface area (Å²) in [5, 5.41) is -1.16. The molecule has 0 aromatic carbocycles. The number of hydrogen-bond donors (Lipinski definition) is 0. The van der Waals surface area contributed by atoms with Gasteiger partial charge in [0.05, 0.1) is 0 Å². The first-order valence-corrected chi connectivity index (χ1v) is 8.78. The maximum Gasteiger partial charge on any atom is 0.307 e. The lowest BCUT2D eigenvalue weighted by Crippen LogP contribution is -2.39. The molecule has 0 N–H and O–H groups in total. The van der Waals surface area contributed by atoms with Crippen molar-refractivity contribution in [3.63, 3.8) is 0 Å². The number of piperidine rings is 1. The zero-order valence-corrected chi connectivity index (χ0v) is 12.7. The molecule has 0 aromatic rings. The molecule has 2 aliphatic rings. The fraction of sp³-hybridized carbons (Fsp3) is 0.923. The molecular formula is C13H23FN2O3S. The monoisotopic (exact) mass is 306 g/mol. The van der Waals surface area contributed by atoms with Gasteiger partial charge in [0.15, 0.2) is 0 Å². The minimum absolute atomic E-state index is 0.00716. The van der Waals surface area contributed by atoms with E-state index in [9.17, 15) is 17.1 Å². The van der Waals surface area contributed by atoms with Gasteiger partial charge in [-0.1, -0.05) is 6.42 Å². The van der Waals surface area contributed by atoms with E-state index in [2.05, 4.69) is 11.8 Å². The molecule has 5 nitrogen and oxygen atoms in total. The maximum absolute atomic E-state index is 12.9. The number of carbonyl (C=O) groups excluding carboxylic acids is 1. The lowest BCUT2D eigenvalue weighted by molar-refractivity contribution is -0.127. The molecule has 2 unspecified atom stereocenters. The van der Waals surface area contributed by atoms with Crippen LogP contribution in [0.25, 0.3) is 0 Å². The zero-order valence-electron chi connectivity index (χ0n) is 11.9. The highest BCUT2D eigenvalue weighted by molar-refractivity contribution is 7.87. The molecule has 1 amide bonds. The van der Waals surface area contributed by atoms with Gasteiger partial charge in [-0.3, -0.25) is 4.79 Å². The second-order valence-corrected chi connectivity index (χ2v) is 7.49. The van der Waals surface area contributed by atoms with E-state index in [-0.39, 0.29) is 18.9 Å². The summed E-state index contributed by atoms with van der Waals surface area (Å²) in [4.78, 5) is 15.6. The summed E-state index contributed by atoms with van der Waals surface area (Å²) < 4.78 is 34.6. The minimum atomic E-state index is -4.60. The molecule has 2 heterocycles. The molecule has 0 radical (unpaired) electrons. The number of amides is 1. The molecule has 2 rings (SSSR count). The van der Waals surface area contributed by atoms with E-state index in [4.69, 9.17) is 0 Å². The van der Waals surface area contributed by atoms with Crippen LogP contribution in [0.1, 0.15) is 39.0 Å². The van der Waals surface area contributed by atoms with E-state index in [1.165, 1.54) is 24.2 Å². The number of halogens is 1. The Bertz CT molecular complexity index is 455. The normalized spacial score (nSPS) is 29.1. The van der Waals surface area contributed by atoms with Crippen LogP contribution in [0.4, 0.5) is 3.89 Å². The van der Waals surface area contributed by atoms with E-state index in [0.29, 0.717) is 12.6 Å². The van der Waals surface area contributed by atoms with Gasteiger partial charge in [0.1, 0.15) is 5.25 Å². The molecule has 0 aliphatic carbocycles. The highest BCUT2D eigenvalue weighted by Crippen LogP contribution is 2.20. The third-order valence-corrected chi connectivity index (χ3v) is 5.50. The van der Waals surface area contributed by atoms with Crippen molar-refractivity contribution >= 4 is 16.1 Å². The second-order valence-electron chi connectivity index (χ2n) is 5.88. The van der Waals surface area contributed by atoms with Gasteiger partial charge in [0, 0.05) is 32.1 Å². The first kappa shape index (κ1) is 15.7. The summed E-state index contributed by atoms with van der Waals surface area (Å²) in [6, 6.07) is 0.581. The molecule has 0 bridgehead atoms. The minimum Gasteiger partial charge on any atom is -0.341 e. The predicted molar refractivity (Wildman–Crippen MR) is 74.5 cm³/mol. The molecule has 20 heavy (non-hydrogen) atoms. The lowest BCUT2D eigenvalue weighted by Gasteiger charge is -2.33. The smallest absolute Gasteiger partial charge is 0.307 e. The maximum atomic E-state index is 12.9. The van der Waals surface area contributed by atoms with Gasteiger partial charge < -0.3 is 9.80 Å². The summed E-state index contributed by atoms with van der Waals surface area (Å²) >= 11 is 0. The summed E-state index contributed by atoms with van der Waals surface area (Å²) in [7, 11) is -4.60. The van der Waals surface area contributed by atoms with Gasteiger partial charge in [-0.25, -0.2) is 0 Å². The molecular weight excluding hydrogens is 283 g/mol. The molecule has 2 atom stereocenters. The van der Waals surface area contributed by atoms with Crippen molar-refractivity contribution < 1.29 is 17.1 Å². The molecule has 0 saturated carbocycles. The van der Waals surface area contributed by atoms with E-state index in [0.717, 1.165) is 19.5 Å². The molecule has 116 valence electrons. The summed E-state index contributed by atoms with van der Waals surface area (Å²) in [6.07, 6.45) is 4.31. The fourth-order valence-electron chi connectivity index (χ4n) is 3.10. The Kier molecular flexibility index (Phi) is 5.01. The number of hydrogen-bond acceptors (Lipinski definition) is 4. The first-order valence-electron chi connectivity index (χ1n) is 7.33. The zero-order chi connectivity index (χ0) is 14.8. The third kappa shape index (κ3) is 3.91. The van der Waals surface area contributed by atoms with Gasteiger partial charge >= 0.3 is 10.2 Å². The summed E-state index contributed by atoms with van der Waals surface area (Å²) in [6.45, 7) is 4.75. The van der Waals surface area contributed by atoms with E-state index in [1.807, 2.05) is 0 Å². The SMILES string of the molecule is CC1CCCCN1CCCN1CC(S(=O)(=O)F)CC1=O. The standard InChI is InChI=1S/C13H23FN2O3S/c1-11-5-2-3-6-15(11)7-4-8-16-10-12(9-13(16)17)20(14,18)19/h11-12H,2-10H2,1H3. The van der Waals surface area contributed by atoms with Crippen molar-refractivity contribution in [1.82, 2.24) is 9.80 Å². The van der Waals surface area contributed by atoms with Crippen LogP contribution < -0.4 is 0 Å². The van der Waals surface area contributed by atoms with E-state index < -0.39 is 15.5 Å². The van der Waals surface area contributed by atoms with Gasteiger partial charge in [0.25, 0.3) is 0 Å². The van der Waals surface area contributed by atoms with Crippen LogP contribution in [-0.2, 0) is 15.0 Å². The summed E-state index contributed by atoms with van der Waals surface area (Å²) in [5.41, 5.74) is 0. The van der Waals surface area contributed by atoms with Crippen molar-refractivity contribution in [3.8, 4) is 0 Å². The molecule has 0 aromatic heterocycles. The van der Waals surface area contributed by atoms with Crippen LogP contribution in [0, 0.1) is 0 Å². The Labute approximate surface area is 120 Å². The van der Waals surface area contributed by atoms with Crippen LogP contribution in [0.3, 0.4) is 0 Å². The molecule has 0 spiro atoms. The van der Waals surface area contributed by atoms with Crippen LogP contribution in [-0.4, -0.2) is 61.6 Å². The molecule has 2 fully saturated rings. The van der Waals surface area contributed by atoms with Gasteiger partial charge in [-0.2, -0.15) is 8.42 Å². The number of likely N-dealkylation sites (tertiary alicyclic amines) is 2. The average molecular weight is 306 g/mol. The van der Waals surface area contributed by atoms with Gasteiger partial charge in [0.2, 0.25) is 5.91 Å². The van der Waals surface area contributed by atoms with E-state index in [1.54, 1.807) is 0 Å². The lowest BCUT2D eigenvalue weighted by atomic mass is 10.0. The van der Waals surface area contributed by atoms with Crippen LogP contribution in [0.15, 0.2) is 0 Å². The topological polar surface area (TPSA) is 57.7 Å². The highest BCUT2D eigenvalue weighted by atomic mass is 32.3. The van der Waals surface area contributed by atoms with Crippen LogP contribution >= 0.6 is 0 Å². The Morgan fingerprint density at radius 3 is 2.65 bits per heavy atom. The second kappa shape index (κ2) is 6.39. The fourth-order valence-corrected chi connectivity index (χ4v) is 3.79. The van der Waals surface area contributed by atoms with Crippen molar-refractivity contribution in [2.45, 2.75) is 50.3 Å². The highest BCUT2D eigenvalue weighted by Gasteiger charge is 2.38. The molecule has 2 aliphatic heterocycles. The third-order valence-electron chi connectivity index (χ3n) is 4.39. The number of nitrogens with zero attached hydrogens (tertiary/aromatic N) is 2. The van der Waals surface area contributed by atoms with Crippen molar-refractivity contribution in [2.24, 2.45) is 0 Å². The van der Waals surface area contributed by atoms with Crippen molar-refractivity contribution in [2.75, 3.05) is 26.2 Å².